The predicted molar refractivity (Wildman–Crippen MR) is 70.5 cm³/mol. The zero-order valence-electron chi connectivity index (χ0n) is 10.9. The molecule has 0 fully saturated rings. The zero-order valence-corrected chi connectivity index (χ0v) is 10.9. The molecule has 2 amide bonds. The fourth-order valence-corrected chi connectivity index (χ4v) is 2.58. The summed E-state index contributed by atoms with van der Waals surface area (Å²) >= 11 is 0. The topological polar surface area (TPSA) is 58.2 Å². The molecule has 0 aromatic heterocycles. The van der Waals surface area contributed by atoms with Crippen LogP contribution >= 0.6 is 0 Å². The van der Waals surface area contributed by atoms with E-state index in [9.17, 15) is 9.59 Å². The van der Waals surface area contributed by atoms with E-state index in [1.165, 1.54) is 18.1 Å². The van der Waals surface area contributed by atoms with Crippen LogP contribution in [0.1, 0.15) is 37.8 Å². The second kappa shape index (κ2) is 4.80. The van der Waals surface area contributed by atoms with Crippen molar-refractivity contribution in [2.45, 2.75) is 39.2 Å². The third-order valence-electron chi connectivity index (χ3n) is 3.39. The molecule has 1 aliphatic rings. The van der Waals surface area contributed by atoms with Crippen molar-refractivity contribution in [2.75, 3.05) is 5.32 Å². The normalized spacial score (nSPS) is 21.3. The first-order chi connectivity index (χ1) is 8.47. The lowest BCUT2D eigenvalue weighted by atomic mass is 10.0. The fraction of sp³-hybridized carbons (Fsp3) is 0.429. The summed E-state index contributed by atoms with van der Waals surface area (Å²) in [4.78, 5) is 22.2. The molecule has 2 rings (SSSR count). The number of fused-ring (bicyclic) bond motifs is 1. The van der Waals surface area contributed by atoms with Crippen LogP contribution in [0.25, 0.3) is 0 Å². The highest BCUT2D eigenvalue weighted by atomic mass is 16.2. The van der Waals surface area contributed by atoms with Gasteiger partial charge in [0, 0.05) is 31.5 Å². The van der Waals surface area contributed by atoms with Crippen LogP contribution in [-0.4, -0.2) is 17.9 Å². The third kappa shape index (κ3) is 2.53. The summed E-state index contributed by atoms with van der Waals surface area (Å²) in [7, 11) is 0. The number of hydrogen-bond acceptors (Lipinski definition) is 2. The van der Waals surface area contributed by atoms with Gasteiger partial charge in [-0.25, -0.2) is 0 Å². The molecule has 0 spiro atoms. The largest absolute Gasteiger partial charge is 0.353 e. The molecular formula is C14H18N2O2. The maximum Gasteiger partial charge on any atom is 0.221 e. The molecule has 0 aliphatic heterocycles. The highest BCUT2D eigenvalue weighted by Crippen LogP contribution is 2.34. The first-order valence-electron chi connectivity index (χ1n) is 6.15. The lowest BCUT2D eigenvalue weighted by Gasteiger charge is -2.16. The number of rotatable bonds is 2. The van der Waals surface area contributed by atoms with Gasteiger partial charge in [0.05, 0.1) is 0 Å². The molecule has 96 valence electrons. The average molecular weight is 246 g/mol. The molecule has 4 heteroatoms. The number of hydrogen-bond donors (Lipinski definition) is 2. The molecule has 1 aromatic carbocycles. The van der Waals surface area contributed by atoms with Gasteiger partial charge >= 0.3 is 0 Å². The number of carbonyl (C=O) groups excluding carboxylic acids is 2. The van der Waals surface area contributed by atoms with Crippen molar-refractivity contribution < 1.29 is 9.59 Å². The molecule has 0 heterocycles. The van der Waals surface area contributed by atoms with Crippen molar-refractivity contribution in [3.8, 4) is 0 Å². The molecule has 0 bridgehead atoms. The van der Waals surface area contributed by atoms with Crippen LogP contribution in [0, 0.1) is 0 Å². The number of nitrogens with one attached hydrogen (secondary N) is 2. The van der Waals surface area contributed by atoms with Gasteiger partial charge in [-0.3, -0.25) is 9.59 Å². The Morgan fingerprint density at radius 2 is 1.94 bits per heavy atom. The van der Waals surface area contributed by atoms with Crippen molar-refractivity contribution in [1.29, 1.82) is 0 Å². The summed E-state index contributed by atoms with van der Waals surface area (Å²) in [6.45, 7) is 5.15. The molecule has 0 radical (unpaired) electrons. The highest BCUT2D eigenvalue weighted by Gasteiger charge is 2.29. The summed E-state index contributed by atoms with van der Waals surface area (Å²) in [5.74, 6) is 0.247. The maximum absolute atomic E-state index is 11.1. The molecule has 0 saturated heterocycles. The third-order valence-corrected chi connectivity index (χ3v) is 3.39. The Balaban J connectivity index is 2.20. The standard InChI is InChI=1S/C14H18N2O2/c1-8-13-5-4-12(15-9(2)17)6-11(13)7-14(8)16-10(3)18/h4-6,8,14H,7H2,1-3H3,(H,15,17)(H,16,18). The minimum Gasteiger partial charge on any atom is -0.353 e. The van der Waals surface area contributed by atoms with Gasteiger partial charge in [0.25, 0.3) is 0 Å². The maximum atomic E-state index is 11.1. The van der Waals surface area contributed by atoms with E-state index in [0.29, 0.717) is 5.92 Å². The van der Waals surface area contributed by atoms with E-state index in [0.717, 1.165) is 12.1 Å². The smallest absolute Gasteiger partial charge is 0.221 e. The predicted octanol–water partition coefficient (Wildman–Crippen LogP) is 1.81. The Morgan fingerprint density at radius 1 is 1.22 bits per heavy atom. The van der Waals surface area contributed by atoms with Gasteiger partial charge in [-0.05, 0) is 29.7 Å². The van der Waals surface area contributed by atoms with Gasteiger partial charge < -0.3 is 10.6 Å². The van der Waals surface area contributed by atoms with E-state index in [4.69, 9.17) is 0 Å². The summed E-state index contributed by atoms with van der Waals surface area (Å²) in [5.41, 5.74) is 3.27. The summed E-state index contributed by atoms with van der Waals surface area (Å²) in [6, 6.07) is 6.10. The first kappa shape index (κ1) is 12.6. The van der Waals surface area contributed by atoms with Gasteiger partial charge in [-0.2, -0.15) is 0 Å². The molecule has 1 aromatic rings. The van der Waals surface area contributed by atoms with Crippen molar-refractivity contribution in [1.82, 2.24) is 5.32 Å². The van der Waals surface area contributed by atoms with E-state index in [1.54, 1.807) is 6.92 Å². The Morgan fingerprint density at radius 3 is 2.56 bits per heavy atom. The molecule has 18 heavy (non-hydrogen) atoms. The minimum atomic E-state index is -0.0700. The molecule has 4 nitrogen and oxygen atoms in total. The van der Waals surface area contributed by atoms with Crippen LogP contribution in [0.15, 0.2) is 18.2 Å². The van der Waals surface area contributed by atoms with Crippen molar-refractivity contribution in [2.24, 2.45) is 0 Å². The lowest BCUT2D eigenvalue weighted by molar-refractivity contribution is -0.119. The van der Waals surface area contributed by atoms with Gasteiger partial charge in [0.15, 0.2) is 0 Å². The summed E-state index contributed by atoms with van der Waals surface area (Å²) in [5, 5.41) is 5.75. The average Bonchev–Trinajstić information content (AvgIpc) is 2.54. The van der Waals surface area contributed by atoms with Crippen molar-refractivity contribution in [3.63, 3.8) is 0 Å². The molecular weight excluding hydrogens is 228 g/mol. The first-order valence-corrected chi connectivity index (χ1v) is 6.15. The highest BCUT2D eigenvalue weighted by molar-refractivity contribution is 5.88. The fourth-order valence-electron chi connectivity index (χ4n) is 2.58. The van der Waals surface area contributed by atoms with Gasteiger partial charge in [0.2, 0.25) is 11.8 Å². The van der Waals surface area contributed by atoms with Crippen LogP contribution < -0.4 is 10.6 Å². The van der Waals surface area contributed by atoms with E-state index in [2.05, 4.69) is 17.6 Å². The summed E-state index contributed by atoms with van der Waals surface area (Å²) < 4.78 is 0. The van der Waals surface area contributed by atoms with Crippen LogP contribution in [-0.2, 0) is 16.0 Å². The Bertz CT molecular complexity index is 497. The summed E-state index contributed by atoms with van der Waals surface area (Å²) in [6.07, 6.45) is 0.823. The van der Waals surface area contributed by atoms with Gasteiger partial charge in [0.1, 0.15) is 0 Å². The van der Waals surface area contributed by atoms with Crippen LogP contribution in [0.3, 0.4) is 0 Å². The molecule has 2 N–H and O–H groups in total. The second-order valence-corrected chi connectivity index (χ2v) is 4.89. The zero-order chi connectivity index (χ0) is 13.3. The second-order valence-electron chi connectivity index (χ2n) is 4.89. The number of benzene rings is 1. The Hall–Kier alpha value is -1.84. The van der Waals surface area contributed by atoms with Crippen LogP contribution in [0.5, 0.6) is 0 Å². The van der Waals surface area contributed by atoms with E-state index >= 15 is 0 Å². The van der Waals surface area contributed by atoms with Crippen LogP contribution in [0.4, 0.5) is 5.69 Å². The van der Waals surface area contributed by atoms with Crippen molar-refractivity contribution >= 4 is 17.5 Å². The molecule has 1 aliphatic carbocycles. The van der Waals surface area contributed by atoms with Crippen molar-refractivity contribution in [3.05, 3.63) is 29.3 Å². The number of carbonyl (C=O) groups is 2. The minimum absolute atomic E-state index is 0.00161. The molecule has 0 saturated carbocycles. The quantitative estimate of drug-likeness (QED) is 0.836. The molecule has 2 unspecified atom stereocenters. The van der Waals surface area contributed by atoms with E-state index in [1.807, 2.05) is 18.2 Å². The van der Waals surface area contributed by atoms with E-state index < -0.39 is 0 Å². The van der Waals surface area contributed by atoms with Crippen LogP contribution in [0.2, 0.25) is 0 Å². The Kier molecular flexibility index (Phi) is 3.36. The lowest BCUT2D eigenvalue weighted by Crippen LogP contribution is -2.35. The SMILES string of the molecule is CC(=O)Nc1ccc2c(c1)CC(NC(C)=O)C2C. The Labute approximate surface area is 107 Å². The molecule has 2 atom stereocenters. The van der Waals surface area contributed by atoms with Gasteiger partial charge in [-0.1, -0.05) is 13.0 Å². The van der Waals surface area contributed by atoms with E-state index in [-0.39, 0.29) is 17.9 Å². The number of anilines is 1. The number of amides is 2. The monoisotopic (exact) mass is 246 g/mol. The van der Waals surface area contributed by atoms with Gasteiger partial charge in [-0.15, -0.1) is 0 Å².